The van der Waals surface area contributed by atoms with Crippen LogP contribution >= 0.6 is 0 Å². The maximum Gasteiger partial charge on any atom is 0.258 e. The summed E-state index contributed by atoms with van der Waals surface area (Å²) < 4.78 is 5.68. The van der Waals surface area contributed by atoms with Gasteiger partial charge in [0.1, 0.15) is 5.75 Å². The minimum absolute atomic E-state index is 0.0138. The molecule has 0 spiro atoms. The lowest BCUT2D eigenvalue weighted by atomic mass is 9.98. The Labute approximate surface area is 154 Å². The topological polar surface area (TPSA) is 38.3 Å². The van der Waals surface area contributed by atoms with Crippen LogP contribution in [0.25, 0.3) is 0 Å². The number of hydrogen-bond donors (Lipinski definition) is 1. The number of benzene rings is 3. The molecule has 1 N–H and O–H groups in total. The zero-order valence-corrected chi connectivity index (χ0v) is 15.1. The number of nitrogens with one attached hydrogen (secondary N) is 1. The zero-order chi connectivity index (χ0) is 18.4. The van der Waals surface area contributed by atoms with Crippen LogP contribution < -0.4 is 10.1 Å². The van der Waals surface area contributed by atoms with E-state index in [0.717, 1.165) is 22.4 Å². The summed E-state index contributed by atoms with van der Waals surface area (Å²) in [6.07, 6.45) is 0. The third kappa shape index (κ3) is 4.51. The molecule has 26 heavy (non-hydrogen) atoms. The second-order valence-electron chi connectivity index (χ2n) is 6.38. The summed E-state index contributed by atoms with van der Waals surface area (Å²) in [6.45, 7) is 4.00. The van der Waals surface area contributed by atoms with E-state index in [1.165, 1.54) is 5.56 Å². The summed E-state index contributed by atoms with van der Waals surface area (Å²) >= 11 is 0. The van der Waals surface area contributed by atoms with E-state index >= 15 is 0 Å². The van der Waals surface area contributed by atoms with Gasteiger partial charge in [0.25, 0.3) is 5.91 Å². The normalized spacial score (nSPS) is 11.6. The fraction of sp³-hybridized carbons (Fsp3) is 0.174. The Kier molecular flexibility index (Phi) is 5.69. The van der Waals surface area contributed by atoms with Crippen LogP contribution in [0.3, 0.4) is 0 Å². The molecule has 0 saturated heterocycles. The second kappa shape index (κ2) is 8.34. The van der Waals surface area contributed by atoms with E-state index in [-0.39, 0.29) is 18.6 Å². The molecule has 3 heteroatoms. The van der Waals surface area contributed by atoms with Gasteiger partial charge in [0.05, 0.1) is 6.04 Å². The average molecular weight is 345 g/mol. The highest BCUT2D eigenvalue weighted by Crippen LogP contribution is 2.22. The van der Waals surface area contributed by atoms with Crippen LogP contribution in [0.5, 0.6) is 5.75 Å². The number of rotatable bonds is 6. The Hall–Kier alpha value is -3.07. The number of para-hydroxylation sites is 1. The van der Waals surface area contributed by atoms with Crippen LogP contribution in [0.1, 0.15) is 28.3 Å². The number of ether oxygens (including phenoxy) is 1. The van der Waals surface area contributed by atoms with Gasteiger partial charge in [-0.1, -0.05) is 78.4 Å². The van der Waals surface area contributed by atoms with Gasteiger partial charge < -0.3 is 10.1 Å². The van der Waals surface area contributed by atoms with Crippen molar-refractivity contribution in [3.63, 3.8) is 0 Å². The molecule has 0 aliphatic heterocycles. The first-order valence-corrected chi connectivity index (χ1v) is 8.73. The van der Waals surface area contributed by atoms with Gasteiger partial charge in [-0.05, 0) is 36.6 Å². The summed E-state index contributed by atoms with van der Waals surface area (Å²) in [5.41, 5.74) is 4.29. The molecule has 0 saturated carbocycles. The van der Waals surface area contributed by atoms with Crippen molar-refractivity contribution in [2.75, 3.05) is 6.61 Å². The highest BCUT2D eigenvalue weighted by molar-refractivity contribution is 5.78. The van der Waals surface area contributed by atoms with E-state index < -0.39 is 0 Å². The van der Waals surface area contributed by atoms with E-state index in [2.05, 4.69) is 36.5 Å². The average Bonchev–Trinajstić information content (AvgIpc) is 2.67. The molecule has 0 fully saturated rings. The molecule has 3 aromatic carbocycles. The third-order valence-corrected chi connectivity index (χ3v) is 4.30. The molecule has 0 radical (unpaired) electrons. The van der Waals surface area contributed by atoms with Crippen molar-refractivity contribution in [2.45, 2.75) is 19.9 Å². The van der Waals surface area contributed by atoms with Gasteiger partial charge in [-0.25, -0.2) is 0 Å². The van der Waals surface area contributed by atoms with Crippen LogP contribution in [0.2, 0.25) is 0 Å². The summed E-state index contributed by atoms with van der Waals surface area (Å²) in [6, 6.07) is 25.7. The van der Waals surface area contributed by atoms with Crippen molar-refractivity contribution in [2.24, 2.45) is 0 Å². The van der Waals surface area contributed by atoms with Crippen LogP contribution in [-0.4, -0.2) is 12.5 Å². The first-order chi connectivity index (χ1) is 12.6. The van der Waals surface area contributed by atoms with Crippen molar-refractivity contribution in [1.29, 1.82) is 0 Å². The lowest BCUT2D eigenvalue weighted by Crippen LogP contribution is -2.33. The Morgan fingerprint density at radius 1 is 0.846 bits per heavy atom. The molecule has 3 rings (SSSR count). The Bertz CT molecular complexity index is 857. The summed E-state index contributed by atoms with van der Waals surface area (Å²) in [5, 5.41) is 3.09. The SMILES string of the molecule is Cc1ccc([C@@H](NC(=O)COc2ccccc2C)c2ccccc2)cc1. The van der Waals surface area contributed by atoms with Gasteiger partial charge in [-0.2, -0.15) is 0 Å². The van der Waals surface area contributed by atoms with Gasteiger partial charge in [-0.15, -0.1) is 0 Å². The summed E-state index contributed by atoms with van der Waals surface area (Å²) in [7, 11) is 0. The molecule has 3 nitrogen and oxygen atoms in total. The molecule has 0 aromatic heterocycles. The highest BCUT2D eigenvalue weighted by atomic mass is 16.5. The lowest BCUT2D eigenvalue weighted by Gasteiger charge is -2.20. The van der Waals surface area contributed by atoms with Crippen molar-refractivity contribution in [3.05, 3.63) is 101 Å². The third-order valence-electron chi connectivity index (χ3n) is 4.30. The molecule has 3 aromatic rings. The molecule has 0 unspecified atom stereocenters. The number of carbonyl (C=O) groups excluding carboxylic acids is 1. The van der Waals surface area contributed by atoms with Crippen LogP contribution in [0.15, 0.2) is 78.9 Å². The quantitative estimate of drug-likeness (QED) is 0.710. The maximum absolute atomic E-state index is 12.5. The van der Waals surface area contributed by atoms with Crippen LogP contribution in [0, 0.1) is 13.8 Å². The van der Waals surface area contributed by atoms with Crippen molar-refractivity contribution < 1.29 is 9.53 Å². The molecule has 0 bridgehead atoms. The van der Waals surface area contributed by atoms with Gasteiger partial charge in [0.2, 0.25) is 0 Å². The molecule has 0 heterocycles. The van der Waals surface area contributed by atoms with Crippen molar-refractivity contribution in [1.82, 2.24) is 5.32 Å². The van der Waals surface area contributed by atoms with Gasteiger partial charge in [-0.3, -0.25) is 4.79 Å². The molecular weight excluding hydrogens is 322 g/mol. The van der Waals surface area contributed by atoms with E-state index in [1.807, 2.05) is 61.5 Å². The highest BCUT2D eigenvalue weighted by Gasteiger charge is 2.17. The van der Waals surface area contributed by atoms with E-state index in [4.69, 9.17) is 4.74 Å². The van der Waals surface area contributed by atoms with Crippen LogP contribution in [0.4, 0.5) is 0 Å². The summed E-state index contributed by atoms with van der Waals surface area (Å²) in [5.74, 6) is 0.580. The zero-order valence-electron chi connectivity index (χ0n) is 15.1. The second-order valence-corrected chi connectivity index (χ2v) is 6.38. The van der Waals surface area contributed by atoms with Crippen LogP contribution in [-0.2, 0) is 4.79 Å². The van der Waals surface area contributed by atoms with Crippen molar-refractivity contribution >= 4 is 5.91 Å². The number of carbonyl (C=O) groups is 1. The predicted molar refractivity (Wildman–Crippen MR) is 104 cm³/mol. The molecule has 1 atom stereocenters. The van der Waals surface area contributed by atoms with Gasteiger partial charge in [0, 0.05) is 0 Å². The number of hydrogen-bond acceptors (Lipinski definition) is 2. The Balaban J connectivity index is 1.74. The fourth-order valence-electron chi connectivity index (χ4n) is 2.83. The Morgan fingerprint density at radius 2 is 1.46 bits per heavy atom. The van der Waals surface area contributed by atoms with E-state index in [1.54, 1.807) is 0 Å². The Morgan fingerprint density at radius 3 is 2.15 bits per heavy atom. The predicted octanol–water partition coefficient (Wildman–Crippen LogP) is 4.59. The minimum Gasteiger partial charge on any atom is -0.484 e. The lowest BCUT2D eigenvalue weighted by molar-refractivity contribution is -0.123. The molecule has 0 aliphatic rings. The molecule has 1 amide bonds. The fourth-order valence-corrected chi connectivity index (χ4v) is 2.83. The van der Waals surface area contributed by atoms with Crippen molar-refractivity contribution in [3.8, 4) is 5.75 Å². The first kappa shape index (κ1) is 17.7. The standard InChI is InChI=1S/C23H23NO2/c1-17-12-14-20(15-13-17)23(19-9-4-3-5-10-19)24-22(25)16-26-21-11-7-6-8-18(21)2/h3-15,23H,16H2,1-2H3,(H,24,25)/t23-/m0/s1. The molecule has 132 valence electrons. The maximum atomic E-state index is 12.5. The molecule has 0 aliphatic carbocycles. The van der Waals surface area contributed by atoms with E-state index in [0.29, 0.717) is 0 Å². The molecular formula is C23H23NO2. The number of amides is 1. The first-order valence-electron chi connectivity index (χ1n) is 8.73. The summed E-state index contributed by atoms with van der Waals surface area (Å²) in [4.78, 5) is 12.5. The monoisotopic (exact) mass is 345 g/mol. The van der Waals surface area contributed by atoms with Gasteiger partial charge >= 0.3 is 0 Å². The minimum atomic E-state index is -0.204. The largest absolute Gasteiger partial charge is 0.484 e. The van der Waals surface area contributed by atoms with Gasteiger partial charge in [0.15, 0.2) is 6.61 Å². The smallest absolute Gasteiger partial charge is 0.258 e. The van der Waals surface area contributed by atoms with E-state index in [9.17, 15) is 4.79 Å². The number of aryl methyl sites for hydroxylation is 2.